The van der Waals surface area contributed by atoms with Crippen LogP contribution in [0.1, 0.15) is 21.6 Å². The SMILES string of the molecule is O=C(NCc1ccc(CO)cc1)c1ccn[nH]1. The molecule has 0 bridgehead atoms. The van der Waals surface area contributed by atoms with Crippen LogP contribution in [0.3, 0.4) is 0 Å². The van der Waals surface area contributed by atoms with Gasteiger partial charge in [-0.1, -0.05) is 24.3 Å². The summed E-state index contributed by atoms with van der Waals surface area (Å²) in [5.41, 5.74) is 2.28. The molecule has 0 aliphatic carbocycles. The van der Waals surface area contributed by atoms with Crippen LogP contribution in [-0.2, 0) is 13.2 Å². The maximum absolute atomic E-state index is 11.6. The van der Waals surface area contributed by atoms with Crippen molar-refractivity contribution >= 4 is 5.91 Å². The fourth-order valence-corrected chi connectivity index (χ4v) is 1.42. The fourth-order valence-electron chi connectivity index (χ4n) is 1.42. The molecular weight excluding hydrogens is 218 g/mol. The Kier molecular flexibility index (Phi) is 3.52. The summed E-state index contributed by atoms with van der Waals surface area (Å²) in [6.45, 7) is 0.477. The van der Waals surface area contributed by atoms with Crippen molar-refractivity contribution in [3.8, 4) is 0 Å². The third-order valence-corrected chi connectivity index (χ3v) is 2.40. The predicted octanol–water partition coefficient (Wildman–Crippen LogP) is 0.832. The first-order valence-corrected chi connectivity index (χ1v) is 5.26. The third-order valence-electron chi connectivity index (χ3n) is 2.40. The van der Waals surface area contributed by atoms with Gasteiger partial charge in [0.15, 0.2) is 0 Å². The molecule has 1 aromatic carbocycles. The Balaban J connectivity index is 1.91. The van der Waals surface area contributed by atoms with Crippen LogP contribution < -0.4 is 5.32 Å². The van der Waals surface area contributed by atoms with Crippen molar-refractivity contribution in [2.75, 3.05) is 0 Å². The van der Waals surface area contributed by atoms with Gasteiger partial charge in [0.1, 0.15) is 5.69 Å². The zero-order valence-electron chi connectivity index (χ0n) is 9.18. The van der Waals surface area contributed by atoms with Crippen molar-refractivity contribution in [1.82, 2.24) is 15.5 Å². The number of aromatic nitrogens is 2. The lowest BCUT2D eigenvalue weighted by Crippen LogP contribution is -2.23. The van der Waals surface area contributed by atoms with Crippen LogP contribution in [0.15, 0.2) is 36.5 Å². The molecule has 1 amide bonds. The molecule has 17 heavy (non-hydrogen) atoms. The van der Waals surface area contributed by atoms with Crippen molar-refractivity contribution in [1.29, 1.82) is 0 Å². The number of hydrogen-bond acceptors (Lipinski definition) is 3. The quantitative estimate of drug-likeness (QED) is 0.729. The van der Waals surface area contributed by atoms with Gasteiger partial charge in [0.05, 0.1) is 6.61 Å². The molecule has 2 aromatic rings. The minimum atomic E-state index is -0.186. The van der Waals surface area contributed by atoms with Gasteiger partial charge in [-0.3, -0.25) is 9.89 Å². The van der Waals surface area contributed by atoms with E-state index in [1.165, 1.54) is 6.20 Å². The zero-order chi connectivity index (χ0) is 12.1. The lowest BCUT2D eigenvalue weighted by Gasteiger charge is -2.04. The maximum atomic E-state index is 11.6. The van der Waals surface area contributed by atoms with Gasteiger partial charge in [0.25, 0.3) is 5.91 Å². The topological polar surface area (TPSA) is 78.0 Å². The van der Waals surface area contributed by atoms with Crippen molar-refractivity contribution < 1.29 is 9.90 Å². The molecule has 5 nitrogen and oxygen atoms in total. The molecule has 5 heteroatoms. The van der Waals surface area contributed by atoms with Crippen LogP contribution in [-0.4, -0.2) is 21.2 Å². The van der Waals surface area contributed by atoms with Gasteiger partial charge >= 0.3 is 0 Å². The lowest BCUT2D eigenvalue weighted by molar-refractivity contribution is 0.0946. The van der Waals surface area contributed by atoms with Gasteiger partial charge in [-0.25, -0.2) is 0 Å². The van der Waals surface area contributed by atoms with E-state index in [0.717, 1.165) is 11.1 Å². The summed E-state index contributed by atoms with van der Waals surface area (Å²) < 4.78 is 0. The van der Waals surface area contributed by atoms with Gasteiger partial charge in [0, 0.05) is 12.7 Å². The van der Waals surface area contributed by atoms with Gasteiger partial charge < -0.3 is 10.4 Å². The van der Waals surface area contributed by atoms with E-state index >= 15 is 0 Å². The van der Waals surface area contributed by atoms with Crippen molar-refractivity contribution in [2.24, 2.45) is 0 Å². The summed E-state index contributed by atoms with van der Waals surface area (Å²) in [7, 11) is 0. The molecule has 2 rings (SSSR count). The van der Waals surface area contributed by atoms with E-state index in [2.05, 4.69) is 15.5 Å². The minimum Gasteiger partial charge on any atom is -0.392 e. The highest BCUT2D eigenvalue weighted by atomic mass is 16.3. The average molecular weight is 231 g/mol. The van der Waals surface area contributed by atoms with Crippen LogP contribution in [0.4, 0.5) is 0 Å². The first-order chi connectivity index (χ1) is 8.29. The Labute approximate surface area is 98.5 Å². The van der Waals surface area contributed by atoms with Crippen LogP contribution in [0, 0.1) is 0 Å². The van der Waals surface area contributed by atoms with Crippen LogP contribution in [0.5, 0.6) is 0 Å². The summed E-state index contributed by atoms with van der Waals surface area (Å²) in [5, 5.41) is 18.0. The largest absolute Gasteiger partial charge is 0.392 e. The number of H-pyrrole nitrogens is 1. The van der Waals surface area contributed by atoms with E-state index in [9.17, 15) is 4.79 Å². The van der Waals surface area contributed by atoms with Crippen LogP contribution in [0.2, 0.25) is 0 Å². The maximum Gasteiger partial charge on any atom is 0.269 e. The molecular formula is C12H13N3O2. The molecule has 0 saturated carbocycles. The molecule has 0 radical (unpaired) electrons. The van der Waals surface area contributed by atoms with Crippen LogP contribution in [0.25, 0.3) is 0 Å². The number of aliphatic hydroxyl groups is 1. The minimum absolute atomic E-state index is 0.0286. The molecule has 88 valence electrons. The first-order valence-electron chi connectivity index (χ1n) is 5.26. The van der Waals surface area contributed by atoms with Crippen molar-refractivity contribution in [3.63, 3.8) is 0 Å². The Morgan fingerprint density at radius 3 is 2.53 bits per heavy atom. The summed E-state index contributed by atoms with van der Waals surface area (Å²) in [6, 6.07) is 9.02. The third kappa shape index (κ3) is 2.92. The molecule has 1 aromatic heterocycles. The molecule has 0 unspecified atom stereocenters. The van der Waals surface area contributed by atoms with E-state index in [1.807, 2.05) is 24.3 Å². The summed E-state index contributed by atoms with van der Waals surface area (Å²) in [5.74, 6) is -0.186. The smallest absolute Gasteiger partial charge is 0.269 e. The number of carbonyl (C=O) groups is 1. The molecule has 3 N–H and O–H groups in total. The lowest BCUT2D eigenvalue weighted by atomic mass is 10.1. The fraction of sp³-hybridized carbons (Fsp3) is 0.167. The highest BCUT2D eigenvalue weighted by Crippen LogP contribution is 2.04. The second-order valence-electron chi connectivity index (χ2n) is 3.63. The number of amides is 1. The van der Waals surface area contributed by atoms with E-state index in [0.29, 0.717) is 12.2 Å². The summed E-state index contributed by atoms with van der Waals surface area (Å²) >= 11 is 0. The van der Waals surface area contributed by atoms with Crippen molar-refractivity contribution in [2.45, 2.75) is 13.2 Å². The van der Waals surface area contributed by atoms with Crippen molar-refractivity contribution in [3.05, 3.63) is 53.3 Å². The molecule has 0 atom stereocenters. The van der Waals surface area contributed by atoms with Gasteiger partial charge in [0.2, 0.25) is 0 Å². The Hall–Kier alpha value is -2.14. The number of rotatable bonds is 4. The number of hydrogen-bond donors (Lipinski definition) is 3. The molecule has 0 aliphatic heterocycles. The zero-order valence-corrected chi connectivity index (χ0v) is 9.18. The number of aromatic amines is 1. The number of aliphatic hydroxyl groups excluding tert-OH is 1. The number of nitrogens with one attached hydrogen (secondary N) is 2. The number of benzene rings is 1. The second kappa shape index (κ2) is 5.27. The van der Waals surface area contributed by atoms with Gasteiger partial charge in [-0.15, -0.1) is 0 Å². The van der Waals surface area contributed by atoms with Gasteiger partial charge in [-0.2, -0.15) is 5.10 Å². The summed E-state index contributed by atoms with van der Waals surface area (Å²) in [4.78, 5) is 11.6. The highest BCUT2D eigenvalue weighted by Gasteiger charge is 2.05. The number of nitrogens with zero attached hydrogens (tertiary/aromatic N) is 1. The second-order valence-corrected chi connectivity index (χ2v) is 3.63. The standard InChI is InChI=1S/C12H13N3O2/c16-8-10-3-1-9(2-4-10)7-13-12(17)11-5-6-14-15-11/h1-6,16H,7-8H2,(H,13,17)(H,14,15). The van der Waals surface area contributed by atoms with E-state index in [-0.39, 0.29) is 12.5 Å². The van der Waals surface area contributed by atoms with E-state index < -0.39 is 0 Å². The van der Waals surface area contributed by atoms with E-state index in [1.54, 1.807) is 6.07 Å². The molecule has 0 spiro atoms. The highest BCUT2D eigenvalue weighted by molar-refractivity contribution is 5.91. The predicted molar refractivity (Wildman–Crippen MR) is 62.1 cm³/mol. The Bertz CT molecular complexity index is 477. The Morgan fingerprint density at radius 2 is 1.94 bits per heavy atom. The Morgan fingerprint density at radius 1 is 1.24 bits per heavy atom. The molecule has 0 fully saturated rings. The molecule has 1 heterocycles. The number of carbonyl (C=O) groups excluding carboxylic acids is 1. The monoisotopic (exact) mass is 231 g/mol. The van der Waals surface area contributed by atoms with Crippen LogP contribution >= 0.6 is 0 Å². The average Bonchev–Trinajstić information content (AvgIpc) is 2.90. The molecule has 0 saturated heterocycles. The normalized spacial score (nSPS) is 10.2. The molecule has 0 aliphatic rings. The first kappa shape index (κ1) is 11.3. The van der Waals surface area contributed by atoms with E-state index in [4.69, 9.17) is 5.11 Å². The summed E-state index contributed by atoms with van der Waals surface area (Å²) in [6.07, 6.45) is 1.53. The van der Waals surface area contributed by atoms with Gasteiger partial charge in [-0.05, 0) is 17.2 Å².